The normalized spacial score (nSPS) is 17.4. The molecule has 0 fully saturated rings. The van der Waals surface area contributed by atoms with Crippen molar-refractivity contribution in [3.8, 4) is 11.5 Å². The molecule has 0 aromatic heterocycles. The second-order valence-electron chi connectivity index (χ2n) is 9.83. The van der Waals surface area contributed by atoms with Gasteiger partial charge in [0.25, 0.3) is 5.91 Å². The molecule has 2 amide bonds. The molecule has 222 valence electrons. The maximum atomic E-state index is 13.4. The van der Waals surface area contributed by atoms with Gasteiger partial charge in [0.15, 0.2) is 17.6 Å². The van der Waals surface area contributed by atoms with Crippen LogP contribution in [-0.4, -0.2) is 69.8 Å². The predicted molar refractivity (Wildman–Crippen MR) is 157 cm³/mol. The number of sulfonamides is 1. The SMILES string of the molecule is O=C(N[C@@H](Cc1ccccc1)C(O)C(=O)NCCNS(=O)(=O)c1ccccc1)C1Cc2cc3c(cc2SN1)OCCO3. The van der Waals surface area contributed by atoms with E-state index >= 15 is 0 Å². The van der Waals surface area contributed by atoms with Gasteiger partial charge in [-0.15, -0.1) is 0 Å². The van der Waals surface area contributed by atoms with Crippen LogP contribution in [-0.2, 0) is 32.5 Å². The molecular weight excluding hydrogens is 580 g/mol. The number of aliphatic hydroxyl groups is 1. The van der Waals surface area contributed by atoms with Crippen LogP contribution in [0.5, 0.6) is 11.5 Å². The van der Waals surface area contributed by atoms with Crippen LogP contribution in [0.2, 0.25) is 0 Å². The summed E-state index contributed by atoms with van der Waals surface area (Å²) in [5.41, 5.74) is 1.75. The molecule has 2 heterocycles. The Bertz CT molecular complexity index is 1510. The van der Waals surface area contributed by atoms with Gasteiger partial charge < -0.3 is 25.2 Å². The van der Waals surface area contributed by atoms with E-state index in [1.54, 1.807) is 18.2 Å². The summed E-state index contributed by atoms with van der Waals surface area (Å²) in [6.07, 6.45) is -0.995. The second kappa shape index (κ2) is 13.6. The van der Waals surface area contributed by atoms with Crippen molar-refractivity contribution >= 4 is 33.8 Å². The summed E-state index contributed by atoms with van der Waals surface area (Å²) >= 11 is 1.31. The minimum Gasteiger partial charge on any atom is -0.486 e. The molecule has 0 saturated carbocycles. The molecule has 3 atom stereocenters. The van der Waals surface area contributed by atoms with Crippen molar-refractivity contribution in [2.24, 2.45) is 0 Å². The summed E-state index contributed by atoms with van der Waals surface area (Å²) in [6, 6.07) is 19.3. The maximum Gasteiger partial charge on any atom is 0.251 e. The molecule has 0 aliphatic carbocycles. The highest BCUT2D eigenvalue weighted by molar-refractivity contribution is 7.97. The molecule has 2 aliphatic heterocycles. The zero-order chi connectivity index (χ0) is 29.5. The zero-order valence-corrected chi connectivity index (χ0v) is 24.2. The summed E-state index contributed by atoms with van der Waals surface area (Å²) in [4.78, 5) is 27.3. The molecule has 3 aromatic rings. The summed E-state index contributed by atoms with van der Waals surface area (Å²) in [7, 11) is -3.73. The number of hydrogen-bond acceptors (Lipinski definition) is 9. The van der Waals surface area contributed by atoms with Gasteiger partial charge in [0.05, 0.1) is 10.9 Å². The molecule has 13 heteroatoms. The first-order valence-corrected chi connectivity index (χ1v) is 15.8. The Morgan fingerprint density at radius 2 is 1.64 bits per heavy atom. The third kappa shape index (κ3) is 7.41. The first kappa shape index (κ1) is 29.9. The lowest BCUT2D eigenvalue weighted by Gasteiger charge is -2.30. The topological polar surface area (TPSA) is 155 Å². The molecule has 5 N–H and O–H groups in total. The lowest BCUT2D eigenvalue weighted by Crippen LogP contribution is -2.56. The van der Waals surface area contributed by atoms with Gasteiger partial charge in [0.1, 0.15) is 19.3 Å². The van der Waals surface area contributed by atoms with Crippen LogP contribution >= 0.6 is 11.9 Å². The standard InChI is InChI=1S/C29H32N4O7S2/c34-27(29(36)30-11-12-31-42(37,38)21-9-5-2-6-10-21)22(15-19-7-3-1-4-8-19)32-28(35)23-16-20-17-24-25(40-14-13-39-24)18-26(20)41-33-23/h1-10,17-18,22-23,27,31,33-34H,11-16H2,(H,30,36)(H,32,35)/t22-,23?,27?/m0/s1. The maximum absolute atomic E-state index is 13.4. The average molecular weight is 613 g/mol. The van der Waals surface area contributed by atoms with Gasteiger partial charge in [-0.1, -0.05) is 48.5 Å². The Morgan fingerprint density at radius 3 is 2.36 bits per heavy atom. The van der Waals surface area contributed by atoms with Gasteiger partial charge in [-0.25, -0.2) is 17.9 Å². The molecule has 3 aromatic carbocycles. The van der Waals surface area contributed by atoms with E-state index < -0.39 is 34.1 Å². The minimum atomic E-state index is -3.73. The first-order valence-electron chi connectivity index (χ1n) is 13.5. The van der Waals surface area contributed by atoms with Crippen molar-refractivity contribution < 1.29 is 32.6 Å². The Morgan fingerprint density at radius 1 is 0.976 bits per heavy atom. The molecule has 0 bridgehead atoms. The van der Waals surface area contributed by atoms with E-state index in [-0.39, 0.29) is 30.3 Å². The fraction of sp³-hybridized carbons (Fsp3) is 0.310. The van der Waals surface area contributed by atoms with E-state index in [4.69, 9.17) is 9.47 Å². The van der Waals surface area contributed by atoms with Gasteiger partial charge in [-0.2, -0.15) is 0 Å². The van der Waals surface area contributed by atoms with Crippen LogP contribution < -0.4 is 29.6 Å². The third-order valence-electron chi connectivity index (χ3n) is 6.82. The van der Waals surface area contributed by atoms with Gasteiger partial charge in [-0.05, 0) is 60.2 Å². The van der Waals surface area contributed by atoms with Crippen LogP contribution in [0.15, 0.2) is 82.6 Å². The zero-order valence-electron chi connectivity index (χ0n) is 22.6. The number of nitrogens with one attached hydrogen (secondary N) is 4. The Labute approximate surface area is 248 Å². The molecule has 2 unspecified atom stereocenters. The Kier molecular flexibility index (Phi) is 9.65. The highest BCUT2D eigenvalue weighted by Crippen LogP contribution is 2.39. The van der Waals surface area contributed by atoms with Gasteiger partial charge in [-0.3, -0.25) is 9.59 Å². The van der Waals surface area contributed by atoms with Crippen molar-refractivity contribution in [3.05, 3.63) is 83.9 Å². The number of benzene rings is 3. The van der Waals surface area contributed by atoms with Crippen molar-refractivity contribution in [2.45, 2.75) is 40.8 Å². The van der Waals surface area contributed by atoms with Crippen molar-refractivity contribution in [2.75, 3.05) is 26.3 Å². The van der Waals surface area contributed by atoms with Crippen LogP contribution in [0.25, 0.3) is 0 Å². The quantitative estimate of drug-likeness (QED) is 0.159. The van der Waals surface area contributed by atoms with Crippen LogP contribution in [0.1, 0.15) is 11.1 Å². The van der Waals surface area contributed by atoms with Crippen LogP contribution in [0.4, 0.5) is 0 Å². The number of carbonyl (C=O) groups is 2. The monoisotopic (exact) mass is 612 g/mol. The minimum absolute atomic E-state index is 0.0539. The van der Waals surface area contributed by atoms with E-state index in [0.29, 0.717) is 31.1 Å². The molecule has 2 aliphatic rings. The number of hydrogen-bond donors (Lipinski definition) is 5. The fourth-order valence-electron chi connectivity index (χ4n) is 4.64. The van der Waals surface area contributed by atoms with Crippen LogP contribution in [0, 0.1) is 0 Å². The predicted octanol–water partition coefficient (Wildman–Crippen LogP) is 1.16. The van der Waals surface area contributed by atoms with E-state index in [1.807, 2.05) is 42.5 Å². The third-order valence-corrected chi connectivity index (χ3v) is 9.30. The largest absolute Gasteiger partial charge is 0.486 e. The first-order chi connectivity index (χ1) is 20.3. The Hall–Kier alpha value is -3.62. The molecule has 0 radical (unpaired) electrons. The van der Waals surface area contributed by atoms with Crippen molar-refractivity contribution in [3.63, 3.8) is 0 Å². The van der Waals surface area contributed by atoms with Gasteiger partial charge in [0, 0.05) is 18.0 Å². The number of ether oxygens (including phenoxy) is 2. The highest BCUT2D eigenvalue weighted by Gasteiger charge is 2.32. The van der Waals surface area contributed by atoms with Crippen molar-refractivity contribution in [1.82, 2.24) is 20.1 Å². The van der Waals surface area contributed by atoms with Gasteiger partial charge in [0.2, 0.25) is 15.9 Å². The van der Waals surface area contributed by atoms with E-state index in [0.717, 1.165) is 16.0 Å². The number of aliphatic hydroxyl groups excluding tert-OH is 1. The lowest BCUT2D eigenvalue weighted by molar-refractivity contribution is -0.132. The lowest BCUT2D eigenvalue weighted by atomic mass is 9.99. The highest BCUT2D eigenvalue weighted by atomic mass is 32.2. The molecule has 11 nitrogen and oxygen atoms in total. The number of fused-ring (bicyclic) bond motifs is 2. The number of amides is 2. The summed E-state index contributed by atoms with van der Waals surface area (Å²) in [6.45, 7) is 0.812. The molecule has 42 heavy (non-hydrogen) atoms. The number of carbonyl (C=O) groups excluding carboxylic acids is 2. The molecule has 5 rings (SSSR count). The Balaban J connectivity index is 1.20. The second-order valence-corrected chi connectivity index (χ2v) is 12.5. The molecule has 0 saturated heterocycles. The summed E-state index contributed by atoms with van der Waals surface area (Å²) in [5.74, 6) is 0.213. The van der Waals surface area contributed by atoms with Crippen LogP contribution in [0.3, 0.4) is 0 Å². The smallest absolute Gasteiger partial charge is 0.251 e. The number of rotatable bonds is 11. The van der Waals surface area contributed by atoms with E-state index in [9.17, 15) is 23.1 Å². The van der Waals surface area contributed by atoms with E-state index in [1.165, 1.54) is 24.1 Å². The van der Waals surface area contributed by atoms with Gasteiger partial charge >= 0.3 is 0 Å². The van der Waals surface area contributed by atoms with E-state index in [2.05, 4.69) is 20.1 Å². The fourth-order valence-corrected chi connectivity index (χ4v) is 6.60. The molecular formula is C29H32N4O7S2. The average Bonchev–Trinajstić information content (AvgIpc) is 3.02. The summed E-state index contributed by atoms with van der Waals surface area (Å²) in [5, 5.41) is 16.4. The molecule has 0 spiro atoms. The van der Waals surface area contributed by atoms with Crippen molar-refractivity contribution in [1.29, 1.82) is 0 Å². The summed E-state index contributed by atoms with van der Waals surface area (Å²) < 4.78 is 41.7.